The second kappa shape index (κ2) is 4.98. The Kier molecular flexibility index (Phi) is 3.57. The molecule has 0 aromatic heterocycles. The summed E-state index contributed by atoms with van der Waals surface area (Å²) >= 11 is 0. The van der Waals surface area contributed by atoms with E-state index in [1.807, 2.05) is 19.1 Å². The van der Waals surface area contributed by atoms with Crippen molar-refractivity contribution in [3.8, 4) is 0 Å². The van der Waals surface area contributed by atoms with E-state index >= 15 is 0 Å². The van der Waals surface area contributed by atoms with Crippen molar-refractivity contribution in [2.24, 2.45) is 5.73 Å². The molecule has 2 unspecified atom stereocenters. The van der Waals surface area contributed by atoms with Gasteiger partial charge in [-0.1, -0.05) is 6.07 Å². The number of likely N-dealkylation sites (tertiary alicyclic amines) is 1. The highest BCUT2D eigenvalue weighted by Crippen LogP contribution is 2.23. The maximum Gasteiger partial charge on any atom is 0.249 e. The predicted octanol–water partition coefficient (Wildman–Crippen LogP) is 1.60. The summed E-state index contributed by atoms with van der Waals surface area (Å²) in [7, 11) is 2.14. The maximum atomic E-state index is 11.3. The van der Waals surface area contributed by atoms with E-state index in [-0.39, 0.29) is 5.91 Å². The molecule has 18 heavy (non-hydrogen) atoms. The largest absolute Gasteiger partial charge is 0.381 e. The van der Waals surface area contributed by atoms with Crippen molar-refractivity contribution in [3.63, 3.8) is 0 Å². The standard InChI is InChI=1S/C14H21N3O/c1-9-7-11(8-17(9)3)16-13-6-4-5-12(10(13)2)14(15)18/h4-6,9,11,16H,7-8H2,1-3H3,(H2,15,18). The Morgan fingerprint density at radius 1 is 1.50 bits per heavy atom. The van der Waals surface area contributed by atoms with Gasteiger partial charge >= 0.3 is 0 Å². The number of hydrogen-bond acceptors (Lipinski definition) is 3. The molecule has 98 valence electrons. The topological polar surface area (TPSA) is 58.4 Å². The van der Waals surface area contributed by atoms with E-state index in [1.54, 1.807) is 6.07 Å². The lowest BCUT2D eigenvalue weighted by molar-refractivity contribution is 0.1000. The third-order valence-electron chi connectivity index (χ3n) is 3.85. The third-order valence-corrected chi connectivity index (χ3v) is 3.85. The summed E-state index contributed by atoms with van der Waals surface area (Å²) in [5, 5.41) is 3.52. The molecule has 4 nitrogen and oxygen atoms in total. The number of carbonyl (C=O) groups is 1. The first kappa shape index (κ1) is 12.9. The van der Waals surface area contributed by atoms with Crippen LogP contribution in [-0.2, 0) is 0 Å². The molecule has 0 spiro atoms. The molecule has 4 heteroatoms. The molecule has 1 aliphatic heterocycles. The Morgan fingerprint density at radius 3 is 2.78 bits per heavy atom. The van der Waals surface area contributed by atoms with Crippen molar-refractivity contribution in [1.29, 1.82) is 0 Å². The lowest BCUT2D eigenvalue weighted by atomic mass is 10.1. The van der Waals surface area contributed by atoms with Gasteiger partial charge in [-0.25, -0.2) is 0 Å². The van der Waals surface area contributed by atoms with Crippen LogP contribution in [0.3, 0.4) is 0 Å². The van der Waals surface area contributed by atoms with Gasteiger partial charge in [0.2, 0.25) is 5.91 Å². The average molecular weight is 247 g/mol. The molecule has 1 heterocycles. The highest BCUT2D eigenvalue weighted by atomic mass is 16.1. The normalized spacial score (nSPS) is 24.2. The smallest absolute Gasteiger partial charge is 0.249 e. The van der Waals surface area contributed by atoms with E-state index in [0.717, 1.165) is 24.2 Å². The van der Waals surface area contributed by atoms with Crippen molar-refractivity contribution in [2.45, 2.75) is 32.4 Å². The van der Waals surface area contributed by atoms with Crippen molar-refractivity contribution < 1.29 is 4.79 Å². The van der Waals surface area contributed by atoms with Crippen LogP contribution in [0.1, 0.15) is 29.3 Å². The van der Waals surface area contributed by atoms with Gasteiger partial charge in [0.25, 0.3) is 0 Å². The quantitative estimate of drug-likeness (QED) is 0.853. The first-order valence-electron chi connectivity index (χ1n) is 6.35. The van der Waals surface area contributed by atoms with Crippen LogP contribution >= 0.6 is 0 Å². The number of nitrogens with one attached hydrogen (secondary N) is 1. The average Bonchev–Trinajstić information content (AvgIpc) is 2.60. The monoisotopic (exact) mass is 247 g/mol. The molecule has 2 rings (SSSR count). The van der Waals surface area contributed by atoms with Gasteiger partial charge in [-0.05, 0) is 45.0 Å². The molecular weight excluding hydrogens is 226 g/mol. The number of nitrogens with zero attached hydrogens (tertiary/aromatic N) is 1. The molecule has 0 radical (unpaired) electrons. The molecular formula is C14H21N3O. The fourth-order valence-corrected chi connectivity index (χ4v) is 2.58. The van der Waals surface area contributed by atoms with Crippen LogP contribution in [0, 0.1) is 6.92 Å². The second-order valence-electron chi connectivity index (χ2n) is 5.21. The number of hydrogen-bond donors (Lipinski definition) is 2. The summed E-state index contributed by atoms with van der Waals surface area (Å²) in [5.74, 6) is -0.368. The minimum Gasteiger partial charge on any atom is -0.381 e. The number of nitrogens with two attached hydrogens (primary N) is 1. The van der Waals surface area contributed by atoms with Gasteiger partial charge < -0.3 is 16.0 Å². The molecule has 1 aromatic carbocycles. The summed E-state index contributed by atoms with van der Waals surface area (Å²) in [6.45, 7) is 5.19. The van der Waals surface area contributed by atoms with Gasteiger partial charge in [0.15, 0.2) is 0 Å². The summed E-state index contributed by atoms with van der Waals surface area (Å²) in [6.07, 6.45) is 1.12. The minimum atomic E-state index is -0.368. The van der Waals surface area contributed by atoms with Crippen molar-refractivity contribution >= 4 is 11.6 Å². The van der Waals surface area contributed by atoms with E-state index in [1.165, 1.54) is 0 Å². The number of amides is 1. The fraction of sp³-hybridized carbons (Fsp3) is 0.500. The Balaban J connectivity index is 2.15. The molecule has 1 aromatic rings. The zero-order valence-electron chi connectivity index (χ0n) is 11.2. The van der Waals surface area contributed by atoms with Crippen molar-refractivity contribution in [3.05, 3.63) is 29.3 Å². The minimum absolute atomic E-state index is 0.368. The lowest BCUT2D eigenvalue weighted by Crippen LogP contribution is -2.25. The molecule has 0 bridgehead atoms. The summed E-state index contributed by atoms with van der Waals surface area (Å²) < 4.78 is 0. The molecule has 2 atom stereocenters. The van der Waals surface area contributed by atoms with E-state index < -0.39 is 0 Å². The molecule has 3 N–H and O–H groups in total. The first-order valence-corrected chi connectivity index (χ1v) is 6.35. The van der Waals surface area contributed by atoms with E-state index in [9.17, 15) is 4.79 Å². The van der Waals surface area contributed by atoms with Gasteiger partial charge in [0.05, 0.1) is 0 Å². The molecule has 1 aliphatic rings. The molecule has 0 aliphatic carbocycles. The van der Waals surface area contributed by atoms with Crippen LogP contribution in [0.25, 0.3) is 0 Å². The van der Waals surface area contributed by atoms with E-state index in [2.05, 4.69) is 24.2 Å². The van der Waals surface area contributed by atoms with Crippen LogP contribution in [0.2, 0.25) is 0 Å². The Bertz CT molecular complexity index is 448. The number of primary amides is 1. The van der Waals surface area contributed by atoms with Crippen molar-refractivity contribution in [2.75, 3.05) is 18.9 Å². The molecule has 1 saturated heterocycles. The van der Waals surface area contributed by atoms with Gasteiger partial charge in [0, 0.05) is 29.9 Å². The highest BCUT2D eigenvalue weighted by Gasteiger charge is 2.26. The van der Waals surface area contributed by atoms with Crippen LogP contribution in [0.15, 0.2) is 18.2 Å². The summed E-state index contributed by atoms with van der Waals surface area (Å²) in [4.78, 5) is 13.6. The SMILES string of the molecule is Cc1c(NC2CC(C)N(C)C2)cccc1C(N)=O. The van der Waals surface area contributed by atoms with Gasteiger partial charge in [0.1, 0.15) is 0 Å². The first-order chi connectivity index (χ1) is 8.49. The maximum absolute atomic E-state index is 11.3. The predicted molar refractivity (Wildman–Crippen MR) is 73.8 cm³/mol. The zero-order valence-corrected chi connectivity index (χ0v) is 11.2. The number of likely N-dealkylation sites (N-methyl/N-ethyl adjacent to an activating group) is 1. The Hall–Kier alpha value is -1.55. The summed E-state index contributed by atoms with van der Waals surface area (Å²) in [6, 6.07) is 6.68. The highest BCUT2D eigenvalue weighted by molar-refractivity contribution is 5.95. The fourth-order valence-electron chi connectivity index (χ4n) is 2.58. The second-order valence-corrected chi connectivity index (χ2v) is 5.21. The van der Waals surface area contributed by atoms with E-state index in [4.69, 9.17) is 5.73 Å². The zero-order chi connectivity index (χ0) is 13.3. The van der Waals surface area contributed by atoms with Gasteiger partial charge in [-0.3, -0.25) is 4.79 Å². The van der Waals surface area contributed by atoms with Crippen LogP contribution in [0.5, 0.6) is 0 Å². The Labute approximate surface area is 108 Å². The van der Waals surface area contributed by atoms with Gasteiger partial charge in [-0.15, -0.1) is 0 Å². The molecule has 1 amide bonds. The number of benzene rings is 1. The molecule has 1 fully saturated rings. The number of anilines is 1. The van der Waals surface area contributed by atoms with Crippen LogP contribution in [-0.4, -0.2) is 36.5 Å². The third kappa shape index (κ3) is 2.48. The van der Waals surface area contributed by atoms with Gasteiger partial charge in [-0.2, -0.15) is 0 Å². The summed E-state index contributed by atoms with van der Waals surface area (Å²) in [5.41, 5.74) is 7.91. The van der Waals surface area contributed by atoms with E-state index in [0.29, 0.717) is 17.6 Å². The molecule has 0 saturated carbocycles. The number of carbonyl (C=O) groups excluding carboxylic acids is 1. The van der Waals surface area contributed by atoms with Crippen LogP contribution < -0.4 is 11.1 Å². The van der Waals surface area contributed by atoms with Crippen molar-refractivity contribution in [1.82, 2.24) is 4.90 Å². The Morgan fingerprint density at radius 2 is 2.22 bits per heavy atom. The van der Waals surface area contributed by atoms with Crippen LogP contribution in [0.4, 0.5) is 5.69 Å². The lowest BCUT2D eigenvalue weighted by Gasteiger charge is -2.17. The number of rotatable bonds is 3.